The molecule has 25 heavy (non-hydrogen) atoms. The number of carboxylic acids is 2. The summed E-state index contributed by atoms with van der Waals surface area (Å²) < 4.78 is 0. The van der Waals surface area contributed by atoms with Crippen molar-refractivity contribution >= 4 is 11.9 Å². The van der Waals surface area contributed by atoms with Gasteiger partial charge in [0.1, 0.15) is 11.5 Å². The van der Waals surface area contributed by atoms with Gasteiger partial charge in [-0.1, -0.05) is 50.7 Å². The molecule has 2 unspecified atom stereocenters. The summed E-state index contributed by atoms with van der Waals surface area (Å²) in [5.74, 6) is -3.57. The van der Waals surface area contributed by atoms with Crippen molar-refractivity contribution in [1.29, 1.82) is 0 Å². The fraction of sp³-hybridized carbons (Fsp3) is 0.700. The van der Waals surface area contributed by atoms with Gasteiger partial charge in [-0.05, 0) is 43.1 Å². The standard InChI is InChI=1S/C20H28O5/c21-18(22)15-11-12-20(25,14-9-5-2-6-10-14)17(16(15)19(23)24)13-7-3-1-4-8-13/h11-15,25H,1-10H2,(H,21,22)(H,23,24). The van der Waals surface area contributed by atoms with Gasteiger partial charge in [-0.25, -0.2) is 4.79 Å². The molecule has 0 radical (unpaired) electrons. The zero-order valence-electron chi connectivity index (χ0n) is 14.6. The van der Waals surface area contributed by atoms with Gasteiger partial charge in [0.15, 0.2) is 0 Å². The van der Waals surface area contributed by atoms with Gasteiger partial charge in [0.05, 0.1) is 5.57 Å². The molecule has 5 heteroatoms. The molecule has 0 aliphatic heterocycles. The van der Waals surface area contributed by atoms with Crippen LogP contribution in [0.25, 0.3) is 0 Å². The summed E-state index contributed by atoms with van der Waals surface area (Å²) in [6.07, 6.45) is 12.7. The van der Waals surface area contributed by atoms with E-state index in [1.807, 2.05) is 0 Å². The second-order valence-corrected chi connectivity index (χ2v) is 7.80. The fourth-order valence-electron chi connectivity index (χ4n) is 5.10. The Balaban J connectivity index is 2.10. The molecule has 0 aromatic heterocycles. The molecule has 0 bridgehead atoms. The van der Waals surface area contributed by atoms with Crippen LogP contribution in [-0.4, -0.2) is 32.9 Å². The molecule has 2 saturated carbocycles. The molecule has 0 aromatic rings. The Morgan fingerprint density at radius 3 is 2.00 bits per heavy atom. The van der Waals surface area contributed by atoms with Crippen LogP contribution in [0.5, 0.6) is 0 Å². The number of aliphatic carboxylic acids is 2. The minimum atomic E-state index is -1.30. The van der Waals surface area contributed by atoms with Crippen molar-refractivity contribution in [3.05, 3.63) is 23.3 Å². The smallest absolute Gasteiger partial charge is 0.332 e. The van der Waals surface area contributed by atoms with E-state index in [0.29, 0.717) is 5.57 Å². The molecule has 2 atom stereocenters. The summed E-state index contributed by atoms with van der Waals surface area (Å²) in [6.45, 7) is 0. The summed E-state index contributed by atoms with van der Waals surface area (Å²) in [6, 6.07) is 0. The molecule has 3 aliphatic carbocycles. The maximum absolute atomic E-state index is 12.0. The van der Waals surface area contributed by atoms with Gasteiger partial charge < -0.3 is 15.3 Å². The van der Waals surface area contributed by atoms with Crippen LogP contribution in [0.1, 0.15) is 64.2 Å². The molecular weight excluding hydrogens is 320 g/mol. The Kier molecular flexibility index (Phi) is 5.32. The number of hydrogen-bond acceptors (Lipinski definition) is 3. The summed E-state index contributed by atoms with van der Waals surface area (Å²) >= 11 is 0. The lowest BCUT2D eigenvalue weighted by Crippen LogP contribution is -2.46. The van der Waals surface area contributed by atoms with Crippen molar-refractivity contribution in [3.8, 4) is 0 Å². The molecule has 0 aromatic carbocycles. The minimum absolute atomic E-state index is 0.0153. The Morgan fingerprint density at radius 2 is 1.48 bits per heavy atom. The number of rotatable bonds is 4. The first kappa shape index (κ1) is 18.2. The highest BCUT2D eigenvalue weighted by Gasteiger charge is 2.48. The van der Waals surface area contributed by atoms with Gasteiger partial charge in [-0.2, -0.15) is 0 Å². The third-order valence-corrected chi connectivity index (χ3v) is 6.31. The lowest BCUT2D eigenvalue weighted by molar-refractivity contribution is -0.142. The van der Waals surface area contributed by atoms with E-state index in [9.17, 15) is 24.9 Å². The highest BCUT2D eigenvalue weighted by atomic mass is 16.4. The van der Waals surface area contributed by atoms with Crippen LogP contribution in [-0.2, 0) is 9.59 Å². The largest absolute Gasteiger partial charge is 0.481 e. The van der Waals surface area contributed by atoms with Gasteiger partial charge in [0, 0.05) is 0 Å². The summed E-state index contributed by atoms with van der Waals surface area (Å²) in [7, 11) is 0. The van der Waals surface area contributed by atoms with Crippen molar-refractivity contribution in [2.24, 2.45) is 17.8 Å². The monoisotopic (exact) mass is 348 g/mol. The molecule has 5 nitrogen and oxygen atoms in total. The van der Waals surface area contributed by atoms with Crippen LogP contribution in [0.15, 0.2) is 23.3 Å². The van der Waals surface area contributed by atoms with Crippen LogP contribution in [0, 0.1) is 17.8 Å². The molecule has 0 amide bonds. The maximum Gasteiger partial charge on any atom is 0.332 e. The quantitative estimate of drug-likeness (QED) is 0.676. The maximum atomic E-state index is 12.0. The van der Waals surface area contributed by atoms with E-state index < -0.39 is 23.5 Å². The van der Waals surface area contributed by atoms with Gasteiger partial charge in [-0.3, -0.25) is 4.79 Å². The van der Waals surface area contributed by atoms with E-state index in [0.717, 1.165) is 64.2 Å². The van der Waals surface area contributed by atoms with E-state index in [2.05, 4.69) is 0 Å². The summed E-state index contributed by atoms with van der Waals surface area (Å²) in [5, 5.41) is 31.0. The first-order chi connectivity index (χ1) is 11.9. The first-order valence-corrected chi connectivity index (χ1v) is 9.57. The molecule has 0 heterocycles. The Labute approximate surface area is 148 Å². The summed E-state index contributed by atoms with van der Waals surface area (Å²) in [4.78, 5) is 23.7. The molecule has 3 rings (SSSR count). The highest BCUT2D eigenvalue weighted by Crippen LogP contribution is 2.48. The lowest BCUT2D eigenvalue weighted by atomic mass is 9.63. The number of hydrogen-bond donors (Lipinski definition) is 3. The third-order valence-electron chi connectivity index (χ3n) is 6.31. The highest BCUT2D eigenvalue weighted by molar-refractivity contribution is 5.97. The Hall–Kier alpha value is -1.62. The number of carboxylic acid groups (broad SMARTS) is 2. The van der Waals surface area contributed by atoms with Crippen molar-refractivity contribution in [2.75, 3.05) is 0 Å². The SMILES string of the molecule is O=C(O)C1=C(C2CCCCC2)C(O)(C2CCCCC2)C=CC1C(=O)O. The van der Waals surface area contributed by atoms with Crippen molar-refractivity contribution < 1.29 is 24.9 Å². The Bertz CT molecular complexity index is 593. The minimum Gasteiger partial charge on any atom is -0.481 e. The van der Waals surface area contributed by atoms with Crippen LogP contribution in [0.4, 0.5) is 0 Å². The van der Waals surface area contributed by atoms with Crippen LogP contribution < -0.4 is 0 Å². The molecule has 3 aliphatic rings. The van der Waals surface area contributed by atoms with Gasteiger partial charge >= 0.3 is 11.9 Å². The number of carbonyl (C=O) groups is 2. The van der Waals surface area contributed by atoms with Gasteiger partial charge in [-0.15, -0.1) is 0 Å². The number of aliphatic hydroxyl groups is 1. The van der Waals surface area contributed by atoms with Gasteiger partial charge in [0.25, 0.3) is 0 Å². The van der Waals surface area contributed by atoms with Crippen molar-refractivity contribution in [1.82, 2.24) is 0 Å². The van der Waals surface area contributed by atoms with E-state index in [1.54, 1.807) is 6.08 Å². The second-order valence-electron chi connectivity index (χ2n) is 7.80. The topological polar surface area (TPSA) is 94.8 Å². The van der Waals surface area contributed by atoms with Gasteiger partial charge in [0.2, 0.25) is 0 Å². The van der Waals surface area contributed by atoms with Crippen LogP contribution in [0.2, 0.25) is 0 Å². The molecule has 138 valence electrons. The van der Waals surface area contributed by atoms with E-state index >= 15 is 0 Å². The third kappa shape index (κ3) is 3.39. The Morgan fingerprint density at radius 1 is 0.920 bits per heavy atom. The summed E-state index contributed by atoms with van der Waals surface area (Å²) in [5.41, 5.74) is -0.890. The predicted octanol–water partition coefficient (Wildman–Crippen LogP) is 3.53. The van der Waals surface area contributed by atoms with Crippen LogP contribution >= 0.6 is 0 Å². The predicted molar refractivity (Wildman–Crippen MR) is 93.0 cm³/mol. The molecule has 0 saturated heterocycles. The average molecular weight is 348 g/mol. The van der Waals surface area contributed by atoms with Crippen molar-refractivity contribution in [3.63, 3.8) is 0 Å². The van der Waals surface area contributed by atoms with Crippen LogP contribution in [0.3, 0.4) is 0 Å². The zero-order valence-corrected chi connectivity index (χ0v) is 14.6. The van der Waals surface area contributed by atoms with Crippen molar-refractivity contribution in [2.45, 2.75) is 69.8 Å². The molecule has 3 N–H and O–H groups in total. The lowest BCUT2D eigenvalue weighted by Gasteiger charge is -2.45. The van der Waals surface area contributed by atoms with E-state index in [-0.39, 0.29) is 17.4 Å². The fourth-order valence-corrected chi connectivity index (χ4v) is 5.10. The second kappa shape index (κ2) is 7.32. The zero-order chi connectivity index (χ0) is 18.0. The molecule has 0 spiro atoms. The van der Waals surface area contributed by atoms with E-state index in [4.69, 9.17) is 0 Å². The molecule has 2 fully saturated rings. The van der Waals surface area contributed by atoms with E-state index in [1.165, 1.54) is 6.08 Å². The average Bonchev–Trinajstić information content (AvgIpc) is 2.62. The first-order valence-electron chi connectivity index (χ1n) is 9.57. The molecular formula is C20H28O5. The normalized spacial score (nSPS) is 32.0.